The molecule has 1 aliphatic heterocycles. The molecule has 0 bridgehead atoms. The van der Waals surface area contributed by atoms with Crippen LogP contribution in [0.3, 0.4) is 0 Å². The van der Waals surface area contributed by atoms with Crippen LogP contribution in [0.2, 0.25) is 0 Å². The van der Waals surface area contributed by atoms with Crippen LogP contribution >= 0.6 is 11.8 Å². The van der Waals surface area contributed by atoms with Crippen LogP contribution in [0, 0.1) is 0 Å². The summed E-state index contributed by atoms with van der Waals surface area (Å²) in [7, 11) is 0. The number of benzene rings is 1. The number of nitrogens with zero attached hydrogens (tertiary/aromatic N) is 1. The van der Waals surface area contributed by atoms with E-state index in [-0.39, 0.29) is 31.3 Å². The van der Waals surface area contributed by atoms with Crippen molar-refractivity contribution in [2.45, 2.75) is 18.8 Å². The minimum absolute atomic E-state index is 0.0458. The maximum absolute atomic E-state index is 11.8. The molecule has 1 aromatic rings. The standard InChI is InChI=1S/C16H18F3NO6S/c1-15(14(22)23)9-27-13(20-15)11-8-10(2-3-12(11)21)25-6-4-24-5-7-26-16(17,18)19/h2-3,8,21H,4-7,9H2,1H3,(H,22,23). The first-order valence-corrected chi connectivity index (χ1v) is 8.80. The number of phenols is 1. The van der Waals surface area contributed by atoms with Crippen molar-refractivity contribution >= 4 is 22.8 Å². The number of ether oxygens (including phenoxy) is 3. The molecule has 7 nitrogen and oxygen atoms in total. The van der Waals surface area contributed by atoms with Gasteiger partial charge < -0.3 is 19.7 Å². The van der Waals surface area contributed by atoms with Crippen LogP contribution in [0.5, 0.6) is 11.5 Å². The van der Waals surface area contributed by atoms with Gasteiger partial charge in [0.1, 0.15) is 23.1 Å². The van der Waals surface area contributed by atoms with E-state index in [0.717, 1.165) is 0 Å². The van der Waals surface area contributed by atoms with Gasteiger partial charge in [0.05, 0.1) is 25.4 Å². The molecule has 1 unspecified atom stereocenters. The Morgan fingerprint density at radius 1 is 1.30 bits per heavy atom. The molecule has 0 fully saturated rings. The summed E-state index contributed by atoms with van der Waals surface area (Å²) in [6, 6.07) is 4.41. The van der Waals surface area contributed by atoms with E-state index in [2.05, 4.69) is 9.73 Å². The Labute approximate surface area is 157 Å². The maximum atomic E-state index is 11.8. The zero-order valence-corrected chi connectivity index (χ0v) is 15.1. The number of hydrogen-bond donors (Lipinski definition) is 2. The van der Waals surface area contributed by atoms with Gasteiger partial charge in [0.2, 0.25) is 0 Å². The lowest BCUT2D eigenvalue weighted by atomic mass is 10.1. The van der Waals surface area contributed by atoms with E-state index in [9.17, 15) is 28.2 Å². The molecular formula is C16H18F3NO6S. The highest BCUT2D eigenvalue weighted by Crippen LogP contribution is 2.35. The lowest BCUT2D eigenvalue weighted by Crippen LogP contribution is -2.33. The maximum Gasteiger partial charge on any atom is 0.522 e. The smallest absolute Gasteiger partial charge is 0.507 e. The number of aliphatic imine (C=N–C) groups is 1. The number of aromatic hydroxyl groups is 1. The van der Waals surface area contributed by atoms with E-state index in [4.69, 9.17) is 9.47 Å². The van der Waals surface area contributed by atoms with Crippen LogP contribution in [0.25, 0.3) is 0 Å². The number of phenolic OH excluding ortho intramolecular Hbond substituents is 1. The molecule has 11 heteroatoms. The molecule has 0 saturated heterocycles. The fourth-order valence-corrected chi connectivity index (χ4v) is 3.25. The molecule has 1 atom stereocenters. The second-order valence-electron chi connectivity index (χ2n) is 5.72. The fraction of sp³-hybridized carbons (Fsp3) is 0.500. The Morgan fingerprint density at radius 3 is 2.63 bits per heavy atom. The molecule has 1 aliphatic rings. The zero-order valence-electron chi connectivity index (χ0n) is 14.3. The molecule has 0 aliphatic carbocycles. The highest BCUT2D eigenvalue weighted by molar-refractivity contribution is 8.14. The van der Waals surface area contributed by atoms with Crippen molar-refractivity contribution < 1.29 is 42.4 Å². The fourth-order valence-electron chi connectivity index (χ4n) is 2.06. The summed E-state index contributed by atoms with van der Waals surface area (Å²) in [5, 5.41) is 19.6. The van der Waals surface area contributed by atoms with Gasteiger partial charge >= 0.3 is 12.3 Å². The average Bonchev–Trinajstić information content (AvgIpc) is 2.98. The summed E-state index contributed by atoms with van der Waals surface area (Å²) in [6.45, 7) is 0.774. The predicted molar refractivity (Wildman–Crippen MR) is 91.5 cm³/mol. The van der Waals surface area contributed by atoms with Crippen LogP contribution in [0.15, 0.2) is 23.2 Å². The highest BCUT2D eigenvalue weighted by atomic mass is 32.2. The second kappa shape index (κ2) is 8.81. The number of rotatable bonds is 9. The quantitative estimate of drug-likeness (QED) is 0.605. The van der Waals surface area contributed by atoms with Gasteiger partial charge in [-0.3, -0.25) is 9.73 Å². The van der Waals surface area contributed by atoms with Crippen molar-refractivity contribution in [2.24, 2.45) is 4.99 Å². The first-order chi connectivity index (χ1) is 12.6. The van der Waals surface area contributed by atoms with Gasteiger partial charge in [-0.25, -0.2) is 4.79 Å². The molecule has 27 heavy (non-hydrogen) atoms. The van der Waals surface area contributed by atoms with Crippen molar-refractivity contribution in [1.82, 2.24) is 0 Å². The SMILES string of the molecule is CC1(C(=O)O)CSC(c2cc(OCCOCCOC(F)(F)F)ccc2O)=N1. The first-order valence-electron chi connectivity index (χ1n) is 7.81. The molecule has 2 N–H and O–H groups in total. The largest absolute Gasteiger partial charge is 0.522 e. The van der Waals surface area contributed by atoms with Crippen LogP contribution < -0.4 is 4.74 Å². The monoisotopic (exact) mass is 409 g/mol. The third kappa shape index (κ3) is 6.29. The molecule has 2 rings (SSSR count). The topological polar surface area (TPSA) is 97.6 Å². The summed E-state index contributed by atoms with van der Waals surface area (Å²) < 4.78 is 49.3. The van der Waals surface area contributed by atoms with Gasteiger partial charge in [-0.1, -0.05) is 0 Å². The van der Waals surface area contributed by atoms with Crippen LogP contribution in [0.1, 0.15) is 12.5 Å². The van der Waals surface area contributed by atoms with Crippen molar-refractivity contribution in [1.29, 1.82) is 0 Å². The molecule has 1 aromatic carbocycles. The zero-order chi connectivity index (χ0) is 20.1. The number of halogens is 3. The first kappa shape index (κ1) is 21.3. The van der Waals surface area contributed by atoms with Crippen molar-refractivity contribution in [3.05, 3.63) is 23.8 Å². The van der Waals surface area contributed by atoms with Crippen LogP contribution in [0.4, 0.5) is 13.2 Å². The van der Waals surface area contributed by atoms with E-state index in [0.29, 0.717) is 16.4 Å². The molecule has 150 valence electrons. The van der Waals surface area contributed by atoms with Crippen LogP contribution in [-0.2, 0) is 14.3 Å². The molecule has 0 radical (unpaired) electrons. The predicted octanol–water partition coefficient (Wildman–Crippen LogP) is 2.66. The van der Waals surface area contributed by atoms with Crippen LogP contribution in [-0.4, -0.2) is 65.3 Å². The van der Waals surface area contributed by atoms with Crippen molar-refractivity contribution in [3.63, 3.8) is 0 Å². The Balaban J connectivity index is 1.86. The summed E-state index contributed by atoms with van der Waals surface area (Å²) >= 11 is 1.22. The minimum Gasteiger partial charge on any atom is -0.507 e. The Morgan fingerprint density at radius 2 is 2.00 bits per heavy atom. The number of alkyl halides is 3. The molecule has 0 saturated carbocycles. The Hall–Kier alpha value is -1.98. The third-order valence-electron chi connectivity index (χ3n) is 3.49. The number of aliphatic carboxylic acids is 1. The van der Waals surface area contributed by atoms with E-state index in [1.807, 2.05) is 0 Å². The third-order valence-corrected chi connectivity index (χ3v) is 4.78. The van der Waals surface area contributed by atoms with Gasteiger partial charge in [-0.05, 0) is 25.1 Å². The lowest BCUT2D eigenvalue weighted by molar-refractivity contribution is -0.327. The van der Waals surface area contributed by atoms with Crippen molar-refractivity contribution in [3.8, 4) is 11.5 Å². The highest BCUT2D eigenvalue weighted by Gasteiger charge is 2.39. The van der Waals surface area contributed by atoms with Gasteiger partial charge in [-0.2, -0.15) is 0 Å². The molecular weight excluding hydrogens is 391 g/mol. The molecule has 0 spiro atoms. The van der Waals surface area contributed by atoms with Gasteiger partial charge in [0, 0.05) is 5.75 Å². The number of carboxylic acid groups (broad SMARTS) is 1. The summed E-state index contributed by atoms with van der Waals surface area (Å²) in [6.07, 6.45) is -4.68. The summed E-state index contributed by atoms with van der Waals surface area (Å²) in [4.78, 5) is 15.4. The number of carboxylic acids is 1. The van der Waals surface area contributed by atoms with E-state index in [1.165, 1.54) is 36.9 Å². The van der Waals surface area contributed by atoms with Gasteiger partial charge in [0.25, 0.3) is 0 Å². The summed E-state index contributed by atoms with van der Waals surface area (Å²) in [5.74, 6) is -0.492. The normalized spacial score (nSPS) is 19.8. The number of thioether (sulfide) groups is 1. The second-order valence-corrected chi connectivity index (χ2v) is 6.68. The lowest BCUT2D eigenvalue weighted by Gasteiger charge is -2.12. The molecule has 0 amide bonds. The minimum atomic E-state index is -4.68. The van der Waals surface area contributed by atoms with Crippen molar-refractivity contribution in [2.75, 3.05) is 32.2 Å². The molecule has 1 heterocycles. The van der Waals surface area contributed by atoms with Gasteiger partial charge in [-0.15, -0.1) is 24.9 Å². The van der Waals surface area contributed by atoms with Gasteiger partial charge in [0.15, 0.2) is 5.54 Å². The Kier molecular flexibility index (Phi) is 6.95. The summed E-state index contributed by atoms with van der Waals surface area (Å²) in [5.41, 5.74) is -0.905. The average molecular weight is 409 g/mol. The Bertz CT molecular complexity index is 712. The van der Waals surface area contributed by atoms with E-state index < -0.39 is 24.5 Å². The number of hydrogen-bond acceptors (Lipinski definition) is 7. The van der Waals surface area contributed by atoms with E-state index in [1.54, 1.807) is 0 Å². The molecule has 0 aromatic heterocycles. The number of carbonyl (C=O) groups is 1. The van der Waals surface area contributed by atoms with E-state index >= 15 is 0 Å².